The van der Waals surface area contributed by atoms with Gasteiger partial charge < -0.3 is 27.6 Å². The Hall–Kier alpha value is -9.70. The van der Waals surface area contributed by atoms with Crippen LogP contribution < -0.4 is 5.46 Å². The summed E-state index contributed by atoms with van der Waals surface area (Å²) in [5, 5.41) is 11.0. The molecule has 0 spiro atoms. The number of aromatic nitrogens is 4. The molecule has 0 saturated carbocycles. The number of rotatable bonds is 2. The van der Waals surface area contributed by atoms with Gasteiger partial charge in [0, 0.05) is 90.9 Å². The summed E-state index contributed by atoms with van der Waals surface area (Å²) in [6.45, 7) is 47.1. The molecule has 16 aromatic rings. The Morgan fingerprint density at radius 3 is 0.591 bits per heavy atom. The Morgan fingerprint density at radius 1 is 0.227 bits per heavy atom. The maximum atomic E-state index is 6.53. The lowest BCUT2D eigenvalue weighted by Crippen LogP contribution is -2.41. The van der Waals surface area contributed by atoms with Crippen LogP contribution in [0, 0.1) is 0 Å². The van der Waals surface area contributed by atoms with Crippen molar-refractivity contribution in [3.63, 3.8) is 0 Å². The van der Waals surface area contributed by atoms with Crippen molar-refractivity contribution < 1.29 is 9.31 Å². The van der Waals surface area contributed by atoms with Crippen LogP contribution in [0.4, 0.5) is 0 Å². The highest BCUT2D eigenvalue weighted by molar-refractivity contribution is 9.10. The summed E-state index contributed by atoms with van der Waals surface area (Å²) in [5.41, 5.74) is 41.3. The van der Waals surface area contributed by atoms with E-state index < -0.39 is 0 Å². The van der Waals surface area contributed by atoms with Crippen molar-refractivity contribution in [1.82, 2.24) is 18.3 Å². The van der Waals surface area contributed by atoms with Gasteiger partial charge in [-0.2, -0.15) is 0 Å². The van der Waals surface area contributed by atoms with Crippen molar-refractivity contribution >= 4 is 116 Å². The number of benzene rings is 12. The maximum Gasteiger partial charge on any atom is 0.494 e. The molecule has 8 heteroatoms. The van der Waals surface area contributed by atoms with E-state index in [-0.39, 0.29) is 61.6 Å². The number of halogens is 1. The van der Waals surface area contributed by atoms with Crippen LogP contribution in [0.5, 0.6) is 0 Å². The predicted octanol–water partition coefficient (Wildman–Crippen LogP) is 25.3. The van der Waals surface area contributed by atoms with Crippen molar-refractivity contribution in [3.05, 3.63) is 288 Å². The molecule has 0 radical (unpaired) electrons. The van der Waals surface area contributed by atoms with E-state index in [9.17, 15) is 0 Å². The smallest absolute Gasteiger partial charge is 0.399 e. The molecule has 13 heterocycles. The van der Waals surface area contributed by atoms with Gasteiger partial charge in [-0.05, 0) is 170 Å². The van der Waals surface area contributed by atoms with E-state index in [2.05, 4.69) is 367 Å². The van der Waals surface area contributed by atoms with E-state index in [4.69, 9.17) is 9.31 Å². The Balaban J connectivity index is 0.000000105. The van der Waals surface area contributed by atoms with Gasteiger partial charge in [0.1, 0.15) is 0 Å². The van der Waals surface area contributed by atoms with Gasteiger partial charge in [-0.15, -0.1) is 0 Å². The first-order valence-corrected chi connectivity index (χ1v) is 40.9. The largest absolute Gasteiger partial charge is 0.494 e. The average molecular weight is 1500 g/mol. The van der Waals surface area contributed by atoms with E-state index >= 15 is 0 Å². The second-order valence-corrected chi connectivity index (χ2v) is 40.1. The lowest BCUT2D eigenvalue weighted by molar-refractivity contribution is 0.00578. The van der Waals surface area contributed by atoms with Crippen molar-refractivity contribution in [2.45, 2.75) is 193 Å². The highest BCUT2D eigenvalue weighted by Crippen LogP contribution is 2.62. The van der Waals surface area contributed by atoms with Crippen LogP contribution in [0.25, 0.3) is 121 Å². The molecule has 0 atom stereocenters. The molecule has 6 nitrogen and oxygen atoms in total. The summed E-state index contributed by atoms with van der Waals surface area (Å²) in [7, 11) is -0.378. The van der Waals surface area contributed by atoms with E-state index in [1.165, 1.54) is 215 Å². The fourth-order valence-electron chi connectivity index (χ4n) is 23.3. The molecule has 1 saturated heterocycles. The Labute approximate surface area is 653 Å². The first-order valence-electron chi connectivity index (χ1n) is 40.1. The van der Waals surface area contributed by atoms with Gasteiger partial charge in [0.25, 0.3) is 0 Å². The van der Waals surface area contributed by atoms with Gasteiger partial charge in [0.05, 0.1) is 78.1 Å². The Morgan fingerprint density at radius 2 is 0.400 bits per heavy atom. The molecule has 9 aliphatic heterocycles. The minimum absolute atomic E-state index is 0.0225. The third kappa shape index (κ3) is 7.46. The molecule has 1 fully saturated rings. The third-order valence-corrected chi connectivity index (χ3v) is 30.6. The van der Waals surface area contributed by atoms with E-state index in [1.54, 1.807) is 0 Å². The summed E-state index contributed by atoms with van der Waals surface area (Å²) in [6, 6.07) is 74.9. The number of hydrogen-bond donors (Lipinski definition) is 0. The van der Waals surface area contributed by atoms with Crippen LogP contribution in [0.1, 0.15) is 227 Å². The van der Waals surface area contributed by atoms with Gasteiger partial charge in [-0.3, -0.25) is 0 Å². The van der Waals surface area contributed by atoms with E-state index in [0.717, 1.165) is 5.46 Å². The van der Waals surface area contributed by atoms with Crippen LogP contribution in [0.2, 0.25) is 0 Å². The molecule has 0 aliphatic carbocycles. The van der Waals surface area contributed by atoms with Crippen molar-refractivity contribution in [3.8, 4) is 33.9 Å². The van der Waals surface area contributed by atoms with Crippen molar-refractivity contribution in [2.24, 2.45) is 0 Å². The Bertz CT molecular complexity index is 6520. The quantitative estimate of drug-likeness (QED) is 0.162. The first kappa shape index (κ1) is 66.1. The van der Waals surface area contributed by atoms with Crippen molar-refractivity contribution in [2.75, 3.05) is 0 Å². The second kappa shape index (κ2) is 20.0. The standard InChI is InChI=1S/C48H40N2.C30H32BNO2.C24H20BrN/c1-45(2)31-17-9-13-27-28-14-10-18-32-40(28)49(39(27)31)43-35(45)21-25(22-36(43)46(32,3)4)26-23-37-44-38(24-26)48(7,8)34-20-12-16-30-29-15-11-19-33(47(37,5)6)41(29)50(44)42(30)34;1-27(2)20-13-9-11-18-19-12-10-14-21-25(19)32(24(18)20)26-22(27)15-17(16-23(26)28(21,3)4)31-33-29(5,6)30(7,8)34-31;1-23(2)16-9-5-7-14-15-8-6-10-17-21(15)26(20(14)16)22-18(23)11-13(25)12-19(22)24(17,3)4/h9-24H,1-8H3;9-16H,1-8H3;5-12H,1-4H3. The molecule has 0 unspecified atom stereocenters. The number of nitrogens with zero attached hydrogens (tertiary/aromatic N) is 4. The van der Waals surface area contributed by atoms with Crippen molar-refractivity contribution in [1.29, 1.82) is 0 Å². The zero-order valence-corrected chi connectivity index (χ0v) is 68.6. The van der Waals surface area contributed by atoms with Crippen LogP contribution >= 0.6 is 15.9 Å². The summed E-state index contributed by atoms with van der Waals surface area (Å²) < 4.78 is 24.6. The molecule has 110 heavy (non-hydrogen) atoms. The minimum atomic E-state index is -0.378. The molecular weight excluding hydrogens is 1400 g/mol. The zero-order valence-electron chi connectivity index (χ0n) is 67.0. The predicted molar refractivity (Wildman–Crippen MR) is 463 cm³/mol. The zero-order chi connectivity index (χ0) is 76.0. The third-order valence-electron chi connectivity index (χ3n) is 30.2. The van der Waals surface area contributed by atoms with Crippen LogP contribution in [-0.2, 0) is 52.6 Å². The van der Waals surface area contributed by atoms with Crippen LogP contribution in [-0.4, -0.2) is 36.6 Å². The summed E-state index contributed by atoms with van der Waals surface area (Å²) in [5.74, 6) is 0. The molecule has 12 aromatic carbocycles. The fourth-order valence-corrected chi connectivity index (χ4v) is 23.8. The van der Waals surface area contributed by atoms with E-state index in [1.807, 2.05) is 0 Å². The number of fused-ring (bicyclic) bond motifs is 4. The summed E-state index contributed by atoms with van der Waals surface area (Å²) in [4.78, 5) is 0. The SMILES string of the molecule is CC1(C)c2cc(-c3cc4c5c(c3)C(C)(C)c3cccc6c7cccc(c7n-5c36)C4(C)C)cc3c2-n2c4c1cccc4c1cccc(c12)C3(C)C.CC1(C)c2cc(B3OC(C)(C)C(C)(C)O3)cc3c2-n2c4c1cccc4c1cccc(c12)C3(C)C.CC1(C)c2cc(Br)cc3c2-n2c4c1cccc4c1cccc(c12)C3(C)C. The van der Waals surface area contributed by atoms with Crippen LogP contribution in [0.15, 0.2) is 199 Å². The summed E-state index contributed by atoms with van der Waals surface area (Å²) >= 11 is 3.80. The van der Waals surface area contributed by atoms with E-state index in [0.29, 0.717) is 0 Å². The van der Waals surface area contributed by atoms with Gasteiger partial charge in [0.15, 0.2) is 0 Å². The molecule has 0 bridgehead atoms. The maximum absolute atomic E-state index is 6.53. The van der Waals surface area contributed by atoms with Gasteiger partial charge in [0.2, 0.25) is 0 Å². The highest BCUT2D eigenvalue weighted by Gasteiger charge is 2.55. The van der Waals surface area contributed by atoms with Crippen LogP contribution in [0.3, 0.4) is 0 Å². The molecule has 4 aromatic heterocycles. The highest BCUT2D eigenvalue weighted by atomic mass is 79.9. The minimum Gasteiger partial charge on any atom is -0.399 e. The second-order valence-electron chi connectivity index (χ2n) is 39.2. The molecule has 0 amide bonds. The molecular formula is C102H92BBrN4O2. The van der Waals surface area contributed by atoms with Gasteiger partial charge in [-0.1, -0.05) is 284 Å². The lowest BCUT2D eigenvalue weighted by Gasteiger charge is -2.43. The van der Waals surface area contributed by atoms with Gasteiger partial charge in [-0.25, -0.2) is 0 Å². The number of hydrogen-bond acceptors (Lipinski definition) is 2. The first-order chi connectivity index (χ1) is 52.0. The normalized spacial score (nSPS) is 19.6. The fraction of sp³-hybridized carbons (Fsp3) is 0.294. The molecule has 25 rings (SSSR count). The average Bonchev–Trinajstić information content (AvgIpc) is 1.53. The molecule has 542 valence electrons. The molecule has 9 aliphatic rings. The lowest BCUT2D eigenvalue weighted by atomic mass is 9.65. The topological polar surface area (TPSA) is 38.2 Å². The Kier molecular flexibility index (Phi) is 12.0. The summed E-state index contributed by atoms with van der Waals surface area (Å²) in [6.07, 6.45) is 0. The number of para-hydroxylation sites is 8. The monoisotopic (exact) mass is 1490 g/mol. The molecule has 0 N–H and O–H groups in total. The van der Waals surface area contributed by atoms with Gasteiger partial charge >= 0.3 is 7.12 Å².